The molecule has 0 aliphatic heterocycles. The van der Waals surface area contributed by atoms with Gasteiger partial charge in [-0.2, -0.15) is 0 Å². The molecule has 0 unspecified atom stereocenters. The van der Waals surface area contributed by atoms with E-state index in [-0.39, 0.29) is 0 Å². The van der Waals surface area contributed by atoms with Gasteiger partial charge in [0.2, 0.25) is 5.89 Å². The van der Waals surface area contributed by atoms with Crippen molar-refractivity contribution >= 4 is 82.8 Å². The van der Waals surface area contributed by atoms with Gasteiger partial charge in [-0.05, 0) is 83.9 Å². The summed E-state index contributed by atoms with van der Waals surface area (Å²) in [5, 5.41) is 6.41. The molecule has 0 spiro atoms. The summed E-state index contributed by atoms with van der Waals surface area (Å²) >= 11 is 0. The van der Waals surface area contributed by atoms with Gasteiger partial charge in [0, 0.05) is 61.0 Å². The second-order valence-electron chi connectivity index (χ2n) is 12.7. The molecule has 234 valence electrons. The van der Waals surface area contributed by atoms with Gasteiger partial charge in [0.1, 0.15) is 27.8 Å². The molecular weight excluding hydrogens is 617 g/mol. The molecule has 50 heavy (non-hydrogen) atoms. The molecule has 8 aromatic carbocycles. The van der Waals surface area contributed by atoms with Crippen LogP contribution in [0.1, 0.15) is 0 Å². The van der Waals surface area contributed by atoms with Crippen LogP contribution >= 0.6 is 0 Å². The average Bonchev–Trinajstić information content (AvgIpc) is 3.90. The zero-order valence-electron chi connectivity index (χ0n) is 26.6. The standard InChI is InChI=1S/C45H26N2O3/c1-3-10-28(11-4-1)45-46-43-36-24-29(25-40-42(36)41-35(44(43)50-45)15-9-17-38(41)49-40)27-18-20-31(21-19-27)47(30-12-5-2-6-13-30)32-22-23-34-33-14-7-8-16-37(33)48-39(34)26-32/h1-26H. The van der Waals surface area contributed by atoms with Gasteiger partial charge in [0.15, 0.2) is 5.58 Å². The van der Waals surface area contributed by atoms with Crippen molar-refractivity contribution in [2.45, 2.75) is 0 Å². The second-order valence-corrected chi connectivity index (χ2v) is 12.7. The second kappa shape index (κ2) is 10.3. The number of rotatable bonds is 5. The number of hydrogen-bond donors (Lipinski definition) is 0. The first kappa shape index (κ1) is 27.1. The highest BCUT2D eigenvalue weighted by atomic mass is 16.4. The number of aromatic nitrogens is 1. The van der Waals surface area contributed by atoms with E-state index in [0.717, 1.165) is 99.5 Å². The summed E-state index contributed by atoms with van der Waals surface area (Å²) in [7, 11) is 0. The molecule has 0 saturated heterocycles. The molecule has 0 fully saturated rings. The fraction of sp³-hybridized carbons (Fsp3) is 0. The molecule has 0 radical (unpaired) electrons. The first-order valence-electron chi connectivity index (χ1n) is 16.7. The molecular formula is C45H26N2O3. The van der Waals surface area contributed by atoms with Crippen LogP contribution in [0.5, 0.6) is 0 Å². The molecule has 3 heterocycles. The topological polar surface area (TPSA) is 55.6 Å². The molecule has 0 aliphatic carbocycles. The Kier molecular flexibility index (Phi) is 5.60. The first-order chi connectivity index (χ1) is 24.8. The maximum atomic E-state index is 6.49. The lowest BCUT2D eigenvalue weighted by atomic mass is 9.96. The summed E-state index contributed by atoms with van der Waals surface area (Å²) in [6, 6.07) is 54.3. The normalized spacial score (nSPS) is 12.0. The van der Waals surface area contributed by atoms with Gasteiger partial charge in [-0.15, -0.1) is 0 Å². The minimum absolute atomic E-state index is 0.611. The van der Waals surface area contributed by atoms with E-state index in [2.05, 4.69) is 95.9 Å². The van der Waals surface area contributed by atoms with Crippen LogP contribution in [0.15, 0.2) is 171 Å². The summed E-state index contributed by atoms with van der Waals surface area (Å²) in [6.07, 6.45) is 0. The lowest BCUT2D eigenvalue weighted by Gasteiger charge is -2.25. The first-order valence-corrected chi connectivity index (χ1v) is 16.7. The predicted molar refractivity (Wildman–Crippen MR) is 203 cm³/mol. The number of benzene rings is 8. The number of fused-ring (bicyclic) bond motifs is 6. The third-order valence-electron chi connectivity index (χ3n) is 9.84. The van der Waals surface area contributed by atoms with Crippen LogP contribution in [-0.4, -0.2) is 4.98 Å². The number of anilines is 3. The Bertz CT molecular complexity index is 3030. The molecule has 11 rings (SSSR count). The number of oxazole rings is 1. The summed E-state index contributed by atoms with van der Waals surface area (Å²) < 4.78 is 19.2. The fourth-order valence-electron chi connectivity index (χ4n) is 7.56. The minimum atomic E-state index is 0.611. The van der Waals surface area contributed by atoms with E-state index in [0.29, 0.717) is 5.89 Å². The summed E-state index contributed by atoms with van der Waals surface area (Å²) in [4.78, 5) is 7.32. The maximum Gasteiger partial charge on any atom is 0.227 e. The Labute approximate surface area is 285 Å². The molecule has 5 heteroatoms. The summed E-state index contributed by atoms with van der Waals surface area (Å²) in [5.74, 6) is 0.611. The molecule has 0 amide bonds. The van der Waals surface area contributed by atoms with Crippen LogP contribution < -0.4 is 4.90 Å². The highest BCUT2D eigenvalue weighted by Crippen LogP contribution is 2.46. The molecule has 5 nitrogen and oxygen atoms in total. The highest BCUT2D eigenvalue weighted by molar-refractivity contribution is 6.31. The molecule has 11 aromatic rings. The Balaban J connectivity index is 1.06. The Morgan fingerprint density at radius 1 is 0.380 bits per heavy atom. The lowest BCUT2D eigenvalue weighted by molar-refractivity contribution is 0.623. The largest absolute Gasteiger partial charge is 0.456 e. The van der Waals surface area contributed by atoms with Crippen molar-refractivity contribution in [1.29, 1.82) is 0 Å². The van der Waals surface area contributed by atoms with E-state index in [4.69, 9.17) is 18.2 Å². The van der Waals surface area contributed by atoms with Crippen LogP contribution in [0.4, 0.5) is 17.1 Å². The van der Waals surface area contributed by atoms with Gasteiger partial charge in [-0.3, -0.25) is 0 Å². The summed E-state index contributed by atoms with van der Waals surface area (Å²) in [5.41, 5.74) is 11.2. The molecule has 0 N–H and O–H groups in total. The third-order valence-corrected chi connectivity index (χ3v) is 9.84. The van der Waals surface area contributed by atoms with Crippen molar-refractivity contribution < 1.29 is 13.3 Å². The molecule has 0 aliphatic rings. The van der Waals surface area contributed by atoms with E-state index >= 15 is 0 Å². The van der Waals surface area contributed by atoms with E-state index in [1.807, 2.05) is 66.7 Å². The van der Waals surface area contributed by atoms with Crippen LogP contribution in [0, 0.1) is 0 Å². The van der Waals surface area contributed by atoms with Gasteiger partial charge >= 0.3 is 0 Å². The van der Waals surface area contributed by atoms with Gasteiger partial charge in [-0.25, -0.2) is 4.98 Å². The number of hydrogen-bond acceptors (Lipinski definition) is 5. The van der Waals surface area contributed by atoms with Crippen LogP contribution in [0.3, 0.4) is 0 Å². The van der Waals surface area contributed by atoms with Crippen molar-refractivity contribution in [3.63, 3.8) is 0 Å². The van der Waals surface area contributed by atoms with Crippen molar-refractivity contribution in [3.8, 4) is 22.6 Å². The van der Waals surface area contributed by atoms with Crippen LogP contribution in [0.2, 0.25) is 0 Å². The predicted octanol–water partition coefficient (Wildman–Crippen LogP) is 13.0. The zero-order valence-corrected chi connectivity index (χ0v) is 26.6. The number of para-hydroxylation sites is 2. The Morgan fingerprint density at radius 2 is 1.04 bits per heavy atom. The molecule has 0 atom stereocenters. The van der Waals surface area contributed by atoms with Gasteiger partial charge < -0.3 is 18.2 Å². The Hall–Kier alpha value is -6.85. The van der Waals surface area contributed by atoms with E-state index < -0.39 is 0 Å². The van der Waals surface area contributed by atoms with E-state index in [1.165, 1.54) is 0 Å². The van der Waals surface area contributed by atoms with Crippen LogP contribution in [0.25, 0.3) is 88.3 Å². The van der Waals surface area contributed by atoms with Crippen molar-refractivity contribution in [3.05, 3.63) is 158 Å². The quantitative estimate of drug-likeness (QED) is 0.175. The van der Waals surface area contributed by atoms with Gasteiger partial charge in [0.25, 0.3) is 0 Å². The Morgan fingerprint density at radius 3 is 1.90 bits per heavy atom. The number of nitrogens with zero attached hydrogens (tertiary/aromatic N) is 2. The van der Waals surface area contributed by atoms with E-state index in [9.17, 15) is 0 Å². The molecule has 0 saturated carbocycles. The lowest BCUT2D eigenvalue weighted by Crippen LogP contribution is -2.09. The summed E-state index contributed by atoms with van der Waals surface area (Å²) in [6.45, 7) is 0. The minimum Gasteiger partial charge on any atom is -0.456 e. The van der Waals surface area contributed by atoms with Crippen molar-refractivity contribution in [2.75, 3.05) is 4.90 Å². The number of furan rings is 2. The molecule has 3 aromatic heterocycles. The van der Waals surface area contributed by atoms with Crippen molar-refractivity contribution in [1.82, 2.24) is 4.98 Å². The average molecular weight is 643 g/mol. The van der Waals surface area contributed by atoms with Crippen molar-refractivity contribution in [2.24, 2.45) is 0 Å². The highest BCUT2D eigenvalue weighted by Gasteiger charge is 2.23. The van der Waals surface area contributed by atoms with Crippen LogP contribution in [-0.2, 0) is 0 Å². The fourth-order valence-corrected chi connectivity index (χ4v) is 7.56. The van der Waals surface area contributed by atoms with E-state index in [1.54, 1.807) is 0 Å². The maximum absolute atomic E-state index is 6.49. The zero-order chi connectivity index (χ0) is 32.8. The monoisotopic (exact) mass is 642 g/mol. The molecule has 0 bridgehead atoms. The van der Waals surface area contributed by atoms with Gasteiger partial charge in [-0.1, -0.05) is 78.9 Å². The smallest absolute Gasteiger partial charge is 0.227 e. The SMILES string of the molecule is c1ccc(-c2nc3c4cc(-c5ccc(N(c6ccccc6)c6ccc7c(c6)oc6ccccc67)cc5)cc5oc6cccc(c3o2)c6c54)cc1. The third kappa shape index (κ3) is 3.98. The van der Waals surface area contributed by atoms with Gasteiger partial charge in [0.05, 0.1) is 0 Å².